The van der Waals surface area contributed by atoms with Crippen LogP contribution in [0.4, 0.5) is 8.78 Å². The first-order valence-corrected chi connectivity index (χ1v) is 7.01. The van der Waals surface area contributed by atoms with E-state index in [0.29, 0.717) is 12.1 Å². The number of methoxy groups -OCH3 is 1. The van der Waals surface area contributed by atoms with Crippen LogP contribution in [0.15, 0.2) is 16.6 Å². The van der Waals surface area contributed by atoms with Crippen LogP contribution in [-0.4, -0.2) is 32.3 Å². The highest BCUT2D eigenvalue weighted by Gasteiger charge is 2.24. The summed E-state index contributed by atoms with van der Waals surface area (Å²) in [5.74, 6) is -1.16. The Morgan fingerprint density at radius 2 is 2.11 bits per heavy atom. The summed E-state index contributed by atoms with van der Waals surface area (Å²) in [5, 5.41) is 6.55. The minimum absolute atomic E-state index is 0.0823. The third-order valence-corrected chi connectivity index (χ3v) is 4.10. The van der Waals surface area contributed by atoms with E-state index in [1.807, 2.05) is 0 Å². The predicted molar refractivity (Wildman–Crippen MR) is 73.0 cm³/mol. The van der Waals surface area contributed by atoms with E-state index in [1.54, 1.807) is 7.11 Å². The monoisotopic (exact) mass is 334 g/mol. The van der Waals surface area contributed by atoms with Gasteiger partial charge >= 0.3 is 0 Å². The van der Waals surface area contributed by atoms with Crippen molar-refractivity contribution in [2.45, 2.75) is 25.1 Å². The highest BCUT2D eigenvalue weighted by Crippen LogP contribution is 2.21. The molecule has 3 nitrogen and oxygen atoms in total. The van der Waals surface area contributed by atoms with E-state index in [2.05, 4.69) is 26.6 Å². The maximum absolute atomic E-state index is 13.4. The largest absolute Gasteiger partial charge is 0.379 e. The topological polar surface area (TPSA) is 33.3 Å². The van der Waals surface area contributed by atoms with Gasteiger partial charge in [-0.1, -0.05) is 0 Å². The molecule has 6 heteroatoms. The molecule has 1 heterocycles. The summed E-state index contributed by atoms with van der Waals surface area (Å²) in [5.41, 5.74) is 0.589. The number of ether oxygens (including phenoxy) is 1. The summed E-state index contributed by atoms with van der Waals surface area (Å²) in [6.45, 7) is 2.13. The number of hydrogen-bond donors (Lipinski definition) is 2. The van der Waals surface area contributed by atoms with E-state index in [1.165, 1.54) is 12.1 Å². The molecular weight excluding hydrogens is 318 g/mol. The van der Waals surface area contributed by atoms with Gasteiger partial charge in [0.1, 0.15) is 11.6 Å². The summed E-state index contributed by atoms with van der Waals surface area (Å²) in [6.07, 6.45) is 1.01. The van der Waals surface area contributed by atoms with Gasteiger partial charge in [0.05, 0.1) is 10.6 Å². The summed E-state index contributed by atoms with van der Waals surface area (Å²) in [7, 11) is 1.67. The quantitative estimate of drug-likeness (QED) is 0.828. The second-order valence-corrected chi connectivity index (χ2v) is 5.42. The van der Waals surface area contributed by atoms with E-state index < -0.39 is 11.6 Å². The first-order chi connectivity index (χ1) is 9.11. The second kappa shape index (κ2) is 6.74. The van der Waals surface area contributed by atoms with Crippen LogP contribution in [0.2, 0.25) is 0 Å². The molecule has 2 atom stereocenters. The minimum Gasteiger partial charge on any atom is -0.379 e. The van der Waals surface area contributed by atoms with Gasteiger partial charge in [-0.25, -0.2) is 8.78 Å². The standard InChI is InChI=1S/C13H17BrF2N2O/c1-19-12-7-17-3-2-11(12)18-6-8-4-9(15)13(14)10(16)5-8/h4-5,11-12,17-18H,2-3,6-7H2,1H3. The number of nitrogens with one attached hydrogen (secondary N) is 2. The van der Waals surface area contributed by atoms with Crippen LogP contribution in [0.5, 0.6) is 0 Å². The zero-order valence-corrected chi connectivity index (χ0v) is 12.3. The molecule has 2 rings (SSSR count). The van der Waals surface area contributed by atoms with Crippen molar-refractivity contribution in [1.82, 2.24) is 10.6 Å². The summed E-state index contributed by atoms with van der Waals surface area (Å²) in [6, 6.07) is 2.87. The highest BCUT2D eigenvalue weighted by molar-refractivity contribution is 9.10. The first-order valence-electron chi connectivity index (χ1n) is 6.22. The van der Waals surface area contributed by atoms with Crippen molar-refractivity contribution >= 4 is 15.9 Å². The average molecular weight is 335 g/mol. The Morgan fingerprint density at radius 1 is 1.42 bits per heavy atom. The Kier molecular flexibility index (Phi) is 5.27. The van der Waals surface area contributed by atoms with Crippen LogP contribution in [0.25, 0.3) is 0 Å². The van der Waals surface area contributed by atoms with E-state index >= 15 is 0 Å². The molecule has 2 N–H and O–H groups in total. The third kappa shape index (κ3) is 3.72. The summed E-state index contributed by atoms with van der Waals surface area (Å²) >= 11 is 2.86. The molecule has 1 aliphatic heterocycles. The first kappa shape index (κ1) is 14.8. The van der Waals surface area contributed by atoms with E-state index in [0.717, 1.165) is 19.5 Å². The molecule has 1 fully saturated rings. The van der Waals surface area contributed by atoms with Gasteiger partial charge in [0.2, 0.25) is 0 Å². The van der Waals surface area contributed by atoms with Crippen molar-refractivity contribution in [3.8, 4) is 0 Å². The molecule has 0 bridgehead atoms. The Morgan fingerprint density at radius 3 is 2.74 bits per heavy atom. The number of rotatable bonds is 4. The van der Waals surface area contributed by atoms with Gasteiger partial charge in [0.25, 0.3) is 0 Å². The number of piperidine rings is 1. The van der Waals surface area contributed by atoms with Crippen LogP contribution in [0, 0.1) is 11.6 Å². The maximum Gasteiger partial charge on any atom is 0.140 e. The average Bonchev–Trinajstić information content (AvgIpc) is 2.42. The van der Waals surface area contributed by atoms with Crippen LogP contribution >= 0.6 is 15.9 Å². The Hall–Kier alpha value is -0.560. The lowest BCUT2D eigenvalue weighted by Crippen LogP contribution is -2.51. The number of benzene rings is 1. The van der Waals surface area contributed by atoms with Crippen molar-refractivity contribution in [3.05, 3.63) is 33.8 Å². The smallest absolute Gasteiger partial charge is 0.140 e. The molecule has 0 aliphatic carbocycles. The Bertz CT molecular complexity index is 422. The zero-order valence-electron chi connectivity index (χ0n) is 10.7. The Balaban J connectivity index is 1.98. The lowest BCUT2D eigenvalue weighted by molar-refractivity contribution is 0.0512. The molecule has 0 amide bonds. The third-order valence-electron chi connectivity index (χ3n) is 3.34. The molecule has 0 radical (unpaired) electrons. The van der Waals surface area contributed by atoms with Crippen LogP contribution in [0.1, 0.15) is 12.0 Å². The minimum atomic E-state index is -0.578. The lowest BCUT2D eigenvalue weighted by Gasteiger charge is -2.31. The number of hydrogen-bond acceptors (Lipinski definition) is 3. The highest BCUT2D eigenvalue weighted by atomic mass is 79.9. The zero-order chi connectivity index (χ0) is 13.8. The molecule has 2 unspecified atom stereocenters. The molecule has 1 aromatic carbocycles. The van der Waals surface area contributed by atoms with Gasteiger partial charge in [-0.2, -0.15) is 0 Å². The second-order valence-electron chi connectivity index (χ2n) is 4.63. The fourth-order valence-corrected chi connectivity index (χ4v) is 2.50. The predicted octanol–water partition coefficient (Wildman–Crippen LogP) is 2.19. The van der Waals surface area contributed by atoms with Crippen molar-refractivity contribution in [1.29, 1.82) is 0 Å². The summed E-state index contributed by atoms with van der Waals surface area (Å²) < 4.78 is 32.1. The maximum atomic E-state index is 13.4. The van der Waals surface area contributed by atoms with E-state index in [9.17, 15) is 8.78 Å². The molecular formula is C13H17BrF2N2O. The van der Waals surface area contributed by atoms with E-state index in [4.69, 9.17) is 4.74 Å². The molecule has 0 aromatic heterocycles. The molecule has 1 saturated heterocycles. The Labute approximate surface area is 119 Å². The number of halogens is 3. The normalized spacial score (nSPS) is 23.6. The van der Waals surface area contributed by atoms with E-state index in [-0.39, 0.29) is 16.6 Å². The fraction of sp³-hybridized carbons (Fsp3) is 0.538. The van der Waals surface area contributed by atoms with Gasteiger partial charge in [-0.05, 0) is 46.6 Å². The van der Waals surface area contributed by atoms with Crippen molar-refractivity contribution in [2.75, 3.05) is 20.2 Å². The van der Waals surface area contributed by atoms with Gasteiger partial charge in [-0.15, -0.1) is 0 Å². The molecule has 0 spiro atoms. The summed E-state index contributed by atoms with van der Waals surface area (Å²) in [4.78, 5) is 0. The van der Waals surface area contributed by atoms with Gasteiger partial charge < -0.3 is 15.4 Å². The fourth-order valence-electron chi connectivity index (χ4n) is 2.27. The molecule has 0 saturated carbocycles. The van der Waals surface area contributed by atoms with Crippen LogP contribution in [0.3, 0.4) is 0 Å². The molecule has 1 aromatic rings. The van der Waals surface area contributed by atoms with Crippen molar-refractivity contribution < 1.29 is 13.5 Å². The lowest BCUT2D eigenvalue weighted by atomic mass is 10.0. The van der Waals surface area contributed by atoms with Gasteiger partial charge in [0, 0.05) is 26.2 Å². The SMILES string of the molecule is COC1CNCCC1NCc1cc(F)c(Br)c(F)c1. The molecule has 1 aliphatic rings. The van der Waals surface area contributed by atoms with Crippen molar-refractivity contribution in [3.63, 3.8) is 0 Å². The van der Waals surface area contributed by atoms with Crippen LogP contribution < -0.4 is 10.6 Å². The molecule has 19 heavy (non-hydrogen) atoms. The molecule has 106 valence electrons. The van der Waals surface area contributed by atoms with Gasteiger partial charge in [-0.3, -0.25) is 0 Å². The van der Waals surface area contributed by atoms with Crippen molar-refractivity contribution in [2.24, 2.45) is 0 Å². The van der Waals surface area contributed by atoms with Crippen LogP contribution in [-0.2, 0) is 11.3 Å². The van der Waals surface area contributed by atoms with Gasteiger partial charge in [0.15, 0.2) is 0 Å².